The topological polar surface area (TPSA) is 139 Å². The van der Waals surface area contributed by atoms with E-state index in [0.29, 0.717) is 24.6 Å². The second-order valence-electron chi connectivity index (χ2n) is 9.15. The summed E-state index contributed by atoms with van der Waals surface area (Å²) in [6.07, 6.45) is 3.66. The molecule has 0 bridgehead atoms. The number of alkyl halides is 2. The smallest absolute Gasteiger partial charge is 0.276 e. The van der Waals surface area contributed by atoms with Crippen molar-refractivity contribution in [1.82, 2.24) is 29.7 Å². The molecule has 3 aromatic heterocycles. The van der Waals surface area contributed by atoms with Gasteiger partial charge in [-0.3, -0.25) is 24.2 Å². The molecule has 212 valence electrons. The summed E-state index contributed by atoms with van der Waals surface area (Å²) in [6.45, 7) is 1.94. The van der Waals surface area contributed by atoms with Crippen molar-refractivity contribution in [3.63, 3.8) is 0 Å². The van der Waals surface area contributed by atoms with E-state index in [2.05, 4.69) is 30.4 Å². The van der Waals surface area contributed by atoms with Crippen LogP contribution in [0.3, 0.4) is 0 Å². The van der Waals surface area contributed by atoms with Crippen LogP contribution in [0, 0.1) is 12.7 Å². The van der Waals surface area contributed by atoms with Crippen molar-refractivity contribution in [3.8, 4) is 11.3 Å². The van der Waals surface area contributed by atoms with Crippen LogP contribution in [0.15, 0.2) is 36.9 Å². The fourth-order valence-electron chi connectivity index (χ4n) is 4.34. The number of anilines is 2. The first kappa shape index (κ1) is 28.1. The van der Waals surface area contributed by atoms with Crippen LogP contribution in [0.2, 0.25) is 5.02 Å². The minimum atomic E-state index is -3.05. The standard InChI is InChI=1S/C26H22ClF3N8O3/c1-13-14(7-32-26(34-13)38-6-2-3-20(38)40)10-37-11-15(8-33-37)35-25(41)23-19(12-39)31-9-18(36-23)21-16(24(29)30)4-5-17(27)22(21)28/h4-5,7-9,11,24,39H,2-3,6,10,12H2,1H3,(H,35,41). The number of carbonyl (C=O) groups is 2. The van der Waals surface area contributed by atoms with Gasteiger partial charge >= 0.3 is 0 Å². The summed E-state index contributed by atoms with van der Waals surface area (Å²) in [5, 5.41) is 16.1. The number of hydrogen-bond donors (Lipinski definition) is 2. The highest BCUT2D eigenvalue weighted by Gasteiger charge is 2.26. The minimum absolute atomic E-state index is 0.0173. The number of nitrogens with zero attached hydrogens (tertiary/aromatic N) is 7. The van der Waals surface area contributed by atoms with Gasteiger partial charge in [0.05, 0.1) is 47.6 Å². The van der Waals surface area contributed by atoms with E-state index < -0.39 is 46.6 Å². The number of rotatable bonds is 8. The number of aromatic nitrogens is 6. The number of halogens is 4. The maximum atomic E-state index is 14.8. The van der Waals surface area contributed by atoms with Crippen LogP contribution in [0.5, 0.6) is 0 Å². The molecular formula is C26H22ClF3N8O3. The van der Waals surface area contributed by atoms with Crippen LogP contribution in [0.25, 0.3) is 11.3 Å². The number of aliphatic hydroxyl groups is 1. The van der Waals surface area contributed by atoms with Gasteiger partial charge in [0.1, 0.15) is 0 Å². The normalized spacial score (nSPS) is 13.3. The molecule has 1 aromatic carbocycles. The molecule has 15 heteroatoms. The zero-order chi connectivity index (χ0) is 29.3. The Kier molecular flexibility index (Phi) is 7.94. The molecule has 0 radical (unpaired) electrons. The van der Waals surface area contributed by atoms with Gasteiger partial charge in [-0.1, -0.05) is 17.7 Å². The molecule has 2 amide bonds. The fourth-order valence-corrected chi connectivity index (χ4v) is 4.50. The average Bonchev–Trinajstić information content (AvgIpc) is 3.59. The SMILES string of the molecule is Cc1nc(N2CCCC2=O)ncc1Cn1cc(NC(=O)c2nc(-c3c(C(F)F)ccc(Cl)c3F)cnc2CO)cn1. The van der Waals surface area contributed by atoms with Gasteiger partial charge in [0.15, 0.2) is 11.5 Å². The molecule has 0 saturated carbocycles. The second kappa shape index (κ2) is 11.6. The molecule has 1 aliphatic heterocycles. The van der Waals surface area contributed by atoms with E-state index in [1.165, 1.54) is 17.1 Å². The lowest BCUT2D eigenvalue weighted by atomic mass is 10.0. The molecule has 0 atom stereocenters. The predicted molar refractivity (Wildman–Crippen MR) is 141 cm³/mol. The molecule has 0 spiro atoms. The summed E-state index contributed by atoms with van der Waals surface area (Å²) in [7, 11) is 0. The fraction of sp³-hybridized carbons (Fsp3) is 0.269. The van der Waals surface area contributed by atoms with Gasteiger partial charge in [0, 0.05) is 47.7 Å². The highest BCUT2D eigenvalue weighted by Crippen LogP contribution is 2.35. The number of benzene rings is 1. The van der Waals surface area contributed by atoms with Crippen LogP contribution < -0.4 is 10.2 Å². The van der Waals surface area contributed by atoms with E-state index in [1.54, 1.807) is 18.0 Å². The van der Waals surface area contributed by atoms with Gasteiger partial charge < -0.3 is 10.4 Å². The number of amides is 2. The first-order valence-electron chi connectivity index (χ1n) is 12.4. The predicted octanol–water partition coefficient (Wildman–Crippen LogP) is 4.09. The van der Waals surface area contributed by atoms with E-state index >= 15 is 0 Å². The molecule has 4 heterocycles. The lowest BCUT2D eigenvalue weighted by molar-refractivity contribution is -0.117. The van der Waals surface area contributed by atoms with Crippen molar-refractivity contribution in [2.45, 2.75) is 39.3 Å². The Hall–Kier alpha value is -4.43. The van der Waals surface area contributed by atoms with Gasteiger partial charge in [-0.15, -0.1) is 0 Å². The third-order valence-corrected chi connectivity index (χ3v) is 6.73. The lowest BCUT2D eigenvalue weighted by Crippen LogP contribution is -2.26. The maximum absolute atomic E-state index is 14.8. The molecule has 0 unspecified atom stereocenters. The summed E-state index contributed by atoms with van der Waals surface area (Å²) >= 11 is 5.80. The summed E-state index contributed by atoms with van der Waals surface area (Å²) in [6, 6.07) is 1.96. The summed E-state index contributed by atoms with van der Waals surface area (Å²) in [5.41, 5.74) is -0.515. The van der Waals surface area contributed by atoms with E-state index in [9.17, 15) is 27.9 Å². The van der Waals surface area contributed by atoms with Gasteiger partial charge in [0.2, 0.25) is 11.9 Å². The highest BCUT2D eigenvalue weighted by molar-refractivity contribution is 6.31. The maximum Gasteiger partial charge on any atom is 0.276 e. The third-order valence-electron chi connectivity index (χ3n) is 6.44. The molecule has 11 nitrogen and oxygen atoms in total. The van der Waals surface area contributed by atoms with Crippen molar-refractivity contribution in [1.29, 1.82) is 0 Å². The first-order valence-corrected chi connectivity index (χ1v) is 12.7. The van der Waals surface area contributed by atoms with Gasteiger partial charge in [0.25, 0.3) is 12.3 Å². The largest absolute Gasteiger partial charge is 0.390 e. The van der Waals surface area contributed by atoms with Crippen molar-refractivity contribution < 1.29 is 27.9 Å². The molecule has 1 fully saturated rings. The van der Waals surface area contributed by atoms with Crippen molar-refractivity contribution >= 4 is 35.1 Å². The molecule has 2 N–H and O–H groups in total. The van der Waals surface area contributed by atoms with Gasteiger partial charge in [-0.25, -0.2) is 28.1 Å². The summed E-state index contributed by atoms with van der Waals surface area (Å²) in [4.78, 5) is 43.3. The van der Waals surface area contributed by atoms with Crippen molar-refractivity contribution in [2.24, 2.45) is 0 Å². The first-order chi connectivity index (χ1) is 19.7. The molecule has 1 aliphatic rings. The molecule has 1 saturated heterocycles. The molecule has 5 rings (SSSR count). The number of nitrogens with one attached hydrogen (secondary N) is 1. The molecule has 41 heavy (non-hydrogen) atoms. The molecular weight excluding hydrogens is 565 g/mol. The number of carbonyl (C=O) groups excluding carboxylic acids is 2. The van der Waals surface area contributed by atoms with Crippen molar-refractivity contribution in [2.75, 3.05) is 16.8 Å². The Labute approximate surface area is 236 Å². The average molecular weight is 587 g/mol. The Morgan fingerprint density at radius 2 is 2.00 bits per heavy atom. The zero-order valence-corrected chi connectivity index (χ0v) is 22.2. The Balaban J connectivity index is 1.36. The Bertz CT molecular complexity index is 1650. The quantitative estimate of drug-likeness (QED) is 0.315. The molecule has 4 aromatic rings. The van der Waals surface area contributed by atoms with E-state index in [-0.39, 0.29) is 29.5 Å². The van der Waals surface area contributed by atoms with Crippen LogP contribution in [-0.2, 0) is 17.9 Å². The third kappa shape index (κ3) is 5.74. The summed E-state index contributed by atoms with van der Waals surface area (Å²) < 4.78 is 43.5. The van der Waals surface area contributed by atoms with Crippen molar-refractivity contribution in [3.05, 3.63) is 76.0 Å². The lowest BCUT2D eigenvalue weighted by Gasteiger charge is -2.14. The molecule has 0 aliphatic carbocycles. The van der Waals surface area contributed by atoms with E-state index in [0.717, 1.165) is 30.3 Å². The Morgan fingerprint density at radius 3 is 2.68 bits per heavy atom. The zero-order valence-electron chi connectivity index (χ0n) is 21.5. The van der Waals surface area contributed by atoms with Crippen LogP contribution in [0.4, 0.5) is 24.8 Å². The summed E-state index contributed by atoms with van der Waals surface area (Å²) in [5.74, 6) is -1.63. The monoisotopic (exact) mass is 586 g/mol. The highest BCUT2D eigenvalue weighted by atomic mass is 35.5. The van der Waals surface area contributed by atoms with Gasteiger partial charge in [-0.05, 0) is 19.4 Å². The van der Waals surface area contributed by atoms with Crippen LogP contribution >= 0.6 is 11.6 Å². The number of aliphatic hydroxyl groups excluding tert-OH is 1. The Morgan fingerprint density at radius 1 is 1.20 bits per heavy atom. The van der Waals surface area contributed by atoms with E-state index in [1.807, 2.05) is 0 Å². The van der Waals surface area contributed by atoms with Crippen LogP contribution in [0.1, 0.15) is 52.3 Å². The minimum Gasteiger partial charge on any atom is -0.390 e. The number of aryl methyl sites for hydroxylation is 1. The van der Waals surface area contributed by atoms with Crippen LogP contribution in [-0.4, -0.2) is 53.2 Å². The second-order valence-corrected chi connectivity index (χ2v) is 9.55. The van der Waals surface area contributed by atoms with Gasteiger partial charge in [-0.2, -0.15) is 5.10 Å². The van der Waals surface area contributed by atoms with E-state index in [4.69, 9.17) is 11.6 Å². The number of hydrogen-bond acceptors (Lipinski definition) is 8.